The molecule has 1 aromatic heterocycles. The molecule has 0 aliphatic carbocycles. The van der Waals surface area contributed by atoms with Crippen molar-refractivity contribution >= 4 is 29.1 Å². The van der Waals surface area contributed by atoms with Crippen LogP contribution in [0.4, 0.5) is 5.82 Å². The highest BCUT2D eigenvalue weighted by atomic mass is 35.5. The largest absolute Gasteiger partial charge is 0.495 e. The molecule has 0 fully saturated rings. The number of hydrogen-bond acceptors (Lipinski definition) is 5. The normalized spacial score (nSPS) is 10.4. The standard InChI is InChI=1S/C10H10ClN3OS/c1-5-3-8(15-2)7(11)4-6(5)9-10(12)14-16-13-9/h3-4H,1-2H3,(H2,12,14). The Bertz CT molecular complexity index is 527. The maximum absolute atomic E-state index is 6.06. The molecule has 0 radical (unpaired) electrons. The summed E-state index contributed by atoms with van der Waals surface area (Å²) >= 11 is 7.15. The number of anilines is 1. The maximum atomic E-state index is 6.06. The lowest BCUT2D eigenvalue weighted by molar-refractivity contribution is 0.415. The molecule has 0 bridgehead atoms. The van der Waals surface area contributed by atoms with E-state index in [0.717, 1.165) is 22.9 Å². The molecule has 2 aromatic rings. The van der Waals surface area contributed by atoms with Gasteiger partial charge in [-0.3, -0.25) is 0 Å². The fraction of sp³-hybridized carbons (Fsp3) is 0.200. The van der Waals surface area contributed by atoms with Gasteiger partial charge in [0.15, 0.2) is 5.82 Å². The predicted octanol–water partition coefficient (Wildman–Crippen LogP) is 2.76. The summed E-state index contributed by atoms with van der Waals surface area (Å²) in [6.45, 7) is 1.95. The Morgan fingerprint density at radius 1 is 1.38 bits per heavy atom. The Balaban J connectivity index is 2.59. The molecule has 1 aromatic carbocycles. The summed E-state index contributed by atoms with van der Waals surface area (Å²) in [5.74, 6) is 1.07. The smallest absolute Gasteiger partial charge is 0.165 e. The average molecular weight is 256 g/mol. The Labute approximate surface area is 102 Å². The van der Waals surface area contributed by atoms with Gasteiger partial charge in [0.25, 0.3) is 0 Å². The number of halogens is 1. The molecule has 0 amide bonds. The monoisotopic (exact) mass is 255 g/mol. The lowest BCUT2D eigenvalue weighted by Gasteiger charge is -2.08. The Hall–Kier alpha value is -1.33. The SMILES string of the molecule is COc1cc(C)c(-c2nsnc2N)cc1Cl. The highest BCUT2D eigenvalue weighted by molar-refractivity contribution is 6.99. The molecule has 2 N–H and O–H groups in total. The second-order valence-electron chi connectivity index (χ2n) is 3.30. The van der Waals surface area contributed by atoms with Crippen molar-refractivity contribution in [1.82, 2.24) is 8.75 Å². The van der Waals surface area contributed by atoms with Crippen LogP contribution in [-0.2, 0) is 0 Å². The molecule has 0 spiro atoms. The van der Waals surface area contributed by atoms with E-state index in [9.17, 15) is 0 Å². The summed E-state index contributed by atoms with van der Waals surface area (Å²) in [5.41, 5.74) is 8.28. The van der Waals surface area contributed by atoms with Crippen LogP contribution in [0.15, 0.2) is 12.1 Å². The van der Waals surface area contributed by atoms with Crippen LogP contribution in [0.3, 0.4) is 0 Å². The van der Waals surface area contributed by atoms with Gasteiger partial charge in [0.05, 0.1) is 23.9 Å². The zero-order valence-electron chi connectivity index (χ0n) is 8.82. The number of nitrogens with zero attached hydrogens (tertiary/aromatic N) is 2. The molecule has 0 saturated carbocycles. The lowest BCUT2D eigenvalue weighted by Crippen LogP contribution is -1.93. The average Bonchev–Trinajstić information content (AvgIpc) is 2.67. The van der Waals surface area contributed by atoms with Crippen molar-refractivity contribution in [3.63, 3.8) is 0 Å². The molecule has 0 aliphatic heterocycles. The number of ether oxygens (including phenoxy) is 1. The van der Waals surface area contributed by atoms with Crippen LogP contribution in [-0.4, -0.2) is 15.9 Å². The van der Waals surface area contributed by atoms with E-state index in [-0.39, 0.29) is 0 Å². The van der Waals surface area contributed by atoms with E-state index in [4.69, 9.17) is 22.1 Å². The summed E-state index contributed by atoms with van der Waals surface area (Å²) in [5, 5.41) is 0.538. The van der Waals surface area contributed by atoms with Crippen LogP contribution in [0.5, 0.6) is 5.75 Å². The number of hydrogen-bond donors (Lipinski definition) is 1. The third-order valence-electron chi connectivity index (χ3n) is 2.27. The van der Waals surface area contributed by atoms with Crippen LogP contribution < -0.4 is 10.5 Å². The zero-order chi connectivity index (χ0) is 11.7. The summed E-state index contributed by atoms with van der Waals surface area (Å²) in [6.07, 6.45) is 0. The van der Waals surface area contributed by atoms with Crippen LogP contribution >= 0.6 is 23.3 Å². The Kier molecular flexibility index (Phi) is 2.98. The van der Waals surface area contributed by atoms with Gasteiger partial charge in [-0.15, -0.1) is 0 Å². The van der Waals surface area contributed by atoms with Crippen molar-refractivity contribution < 1.29 is 4.74 Å². The van der Waals surface area contributed by atoms with Crippen molar-refractivity contribution in [2.24, 2.45) is 0 Å². The molecule has 4 nitrogen and oxygen atoms in total. The molecule has 84 valence electrons. The van der Waals surface area contributed by atoms with E-state index in [0.29, 0.717) is 22.3 Å². The summed E-state index contributed by atoms with van der Waals surface area (Å²) in [6, 6.07) is 3.65. The first-order chi connectivity index (χ1) is 7.63. The fourth-order valence-electron chi connectivity index (χ4n) is 1.45. The predicted molar refractivity (Wildman–Crippen MR) is 66.1 cm³/mol. The first kappa shape index (κ1) is 11.2. The van der Waals surface area contributed by atoms with E-state index in [1.165, 1.54) is 0 Å². The minimum atomic E-state index is 0.425. The number of methoxy groups -OCH3 is 1. The number of benzene rings is 1. The van der Waals surface area contributed by atoms with Crippen molar-refractivity contribution in [3.05, 3.63) is 22.7 Å². The Morgan fingerprint density at radius 2 is 2.12 bits per heavy atom. The van der Waals surface area contributed by atoms with Gasteiger partial charge >= 0.3 is 0 Å². The second-order valence-corrected chi connectivity index (χ2v) is 4.24. The molecule has 16 heavy (non-hydrogen) atoms. The number of nitrogen functional groups attached to an aromatic ring is 1. The first-order valence-electron chi connectivity index (χ1n) is 4.56. The van der Waals surface area contributed by atoms with Gasteiger partial charge in [-0.1, -0.05) is 11.6 Å². The van der Waals surface area contributed by atoms with Gasteiger partial charge in [-0.05, 0) is 24.6 Å². The van der Waals surface area contributed by atoms with Crippen LogP contribution in [0, 0.1) is 6.92 Å². The first-order valence-corrected chi connectivity index (χ1v) is 5.67. The zero-order valence-corrected chi connectivity index (χ0v) is 10.4. The van der Waals surface area contributed by atoms with Crippen LogP contribution in [0.1, 0.15) is 5.56 Å². The molecule has 2 rings (SSSR count). The molecule has 1 heterocycles. The van der Waals surface area contributed by atoms with Gasteiger partial charge in [-0.2, -0.15) is 8.75 Å². The minimum Gasteiger partial charge on any atom is -0.495 e. The molecule has 0 saturated heterocycles. The number of aryl methyl sites for hydroxylation is 1. The van der Waals surface area contributed by atoms with Gasteiger partial charge in [0, 0.05) is 5.56 Å². The molecular weight excluding hydrogens is 246 g/mol. The van der Waals surface area contributed by atoms with E-state index in [2.05, 4.69) is 8.75 Å². The van der Waals surface area contributed by atoms with Crippen molar-refractivity contribution in [1.29, 1.82) is 0 Å². The third-order valence-corrected chi connectivity index (χ3v) is 3.11. The summed E-state index contributed by atoms with van der Waals surface area (Å²) in [4.78, 5) is 0. The Morgan fingerprint density at radius 3 is 2.69 bits per heavy atom. The van der Waals surface area contributed by atoms with Gasteiger partial charge < -0.3 is 10.5 Å². The van der Waals surface area contributed by atoms with Gasteiger partial charge in [0.1, 0.15) is 11.4 Å². The highest BCUT2D eigenvalue weighted by Gasteiger charge is 2.13. The van der Waals surface area contributed by atoms with Crippen LogP contribution in [0.25, 0.3) is 11.3 Å². The van der Waals surface area contributed by atoms with Crippen molar-refractivity contribution in [2.45, 2.75) is 6.92 Å². The molecular formula is C10H10ClN3OS. The lowest BCUT2D eigenvalue weighted by atomic mass is 10.1. The van der Waals surface area contributed by atoms with E-state index >= 15 is 0 Å². The van der Waals surface area contributed by atoms with E-state index < -0.39 is 0 Å². The van der Waals surface area contributed by atoms with E-state index in [1.807, 2.05) is 13.0 Å². The van der Waals surface area contributed by atoms with Crippen molar-refractivity contribution in [2.75, 3.05) is 12.8 Å². The minimum absolute atomic E-state index is 0.425. The van der Waals surface area contributed by atoms with Gasteiger partial charge in [-0.25, -0.2) is 0 Å². The quantitative estimate of drug-likeness (QED) is 0.896. The molecule has 6 heteroatoms. The highest BCUT2D eigenvalue weighted by Crippen LogP contribution is 2.34. The molecule has 0 unspecified atom stereocenters. The third kappa shape index (κ3) is 1.83. The molecule has 0 aliphatic rings. The van der Waals surface area contributed by atoms with Gasteiger partial charge in [0.2, 0.25) is 0 Å². The topological polar surface area (TPSA) is 61.0 Å². The van der Waals surface area contributed by atoms with Crippen molar-refractivity contribution in [3.8, 4) is 17.0 Å². The number of nitrogens with two attached hydrogens (primary N) is 1. The second kappa shape index (κ2) is 4.27. The molecule has 0 atom stereocenters. The number of rotatable bonds is 2. The summed E-state index contributed by atoms with van der Waals surface area (Å²) in [7, 11) is 1.58. The van der Waals surface area contributed by atoms with E-state index in [1.54, 1.807) is 13.2 Å². The van der Waals surface area contributed by atoms with Crippen LogP contribution in [0.2, 0.25) is 5.02 Å². The summed E-state index contributed by atoms with van der Waals surface area (Å²) < 4.78 is 13.2. The maximum Gasteiger partial charge on any atom is 0.165 e. The fourth-order valence-corrected chi connectivity index (χ4v) is 2.18. The number of aromatic nitrogens is 2.